The molecule has 0 aliphatic carbocycles. The minimum absolute atomic E-state index is 0.239. The summed E-state index contributed by atoms with van der Waals surface area (Å²) < 4.78 is 0. The highest BCUT2D eigenvalue weighted by Gasteiger charge is 2.29. The highest BCUT2D eigenvalue weighted by atomic mass is 15.2. The average molecular weight is 252 g/mol. The Hall–Kier alpha value is -0.340. The van der Waals surface area contributed by atoms with Crippen molar-refractivity contribution in [3.05, 3.63) is 12.7 Å². The molecule has 1 N–H and O–H groups in total. The first-order valence-electron chi connectivity index (χ1n) is 7.35. The third-order valence-corrected chi connectivity index (χ3v) is 4.09. The Morgan fingerprint density at radius 3 is 2.17 bits per heavy atom. The van der Waals surface area contributed by atoms with Crippen LogP contribution in [-0.4, -0.2) is 35.6 Å². The van der Waals surface area contributed by atoms with Crippen LogP contribution < -0.4 is 5.32 Å². The number of hydrogen-bond acceptors (Lipinski definition) is 2. The fraction of sp³-hybridized carbons (Fsp3) is 0.875. The van der Waals surface area contributed by atoms with Crippen LogP contribution in [0.25, 0.3) is 0 Å². The molecule has 18 heavy (non-hydrogen) atoms. The highest BCUT2D eigenvalue weighted by Crippen LogP contribution is 2.29. The third kappa shape index (κ3) is 5.11. The van der Waals surface area contributed by atoms with Crippen LogP contribution in [0.3, 0.4) is 0 Å². The smallest absolute Gasteiger partial charge is 0.0137 e. The van der Waals surface area contributed by atoms with Gasteiger partial charge in [-0.2, -0.15) is 0 Å². The van der Waals surface area contributed by atoms with Crippen molar-refractivity contribution in [2.24, 2.45) is 5.92 Å². The van der Waals surface area contributed by atoms with Crippen LogP contribution in [0.5, 0.6) is 0 Å². The van der Waals surface area contributed by atoms with Gasteiger partial charge in [-0.25, -0.2) is 0 Å². The van der Waals surface area contributed by atoms with E-state index in [9.17, 15) is 0 Å². The lowest BCUT2D eigenvalue weighted by Gasteiger charge is -2.42. The maximum absolute atomic E-state index is 3.78. The molecule has 1 heterocycles. The monoisotopic (exact) mass is 252 g/mol. The molecule has 1 aliphatic heterocycles. The first-order valence-corrected chi connectivity index (χ1v) is 7.35. The van der Waals surface area contributed by atoms with E-state index in [1.165, 1.54) is 32.4 Å². The molecule has 0 aromatic carbocycles. The van der Waals surface area contributed by atoms with Crippen LogP contribution in [0, 0.1) is 5.92 Å². The van der Waals surface area contributed by atoms with Crippen molar-refractivity contribution in [1.29, 1.82) is 0 Å². The van der Waals surface area contributed by atoms with Gasteiger partial charge in [-0.15, -0.1) is 6.58 Å². The van der Waals surface area contributed by atoms with E-state index in [1.54, 1.807) is 0 Å². The summed E-state index contributed by atoms with van der Waals surface area (Å²) >= 11 is 0. The quantitative estimate of drug-likeness (QED) is 0.754. The van der Waals surface area contributed by atoms with E-state index >= 15 is 0 Å². The number of rotatable bonds is 5. The minimum atomic E-state index is 0.239. The van der Waals surface area contributed by atoms with Crippen molar-refractivity contribution in [2.75, 3.05) is 19.6 Å². The Morgan fingerprint density at radius 2 is 1.72 bits per heavy atom. The van der Waals surface area contributed by atoms with Gasteiger partial charge in [0.1, 0.15) is 0 Å². The molecule has 1 fully saturated rings. The van der Waals surface area contributed by atoms with Crippen molar-refractivity contribution in [3.63, 3.8) is 0 Å². The molecule has 0 radical (unpaired) electrons. The van der Waals surface area contributed by atoms with Crippen molar-refractivity contribution in [3.8, 4) is 0 Å². The zero-order chi connectivity index (χ0) is 13.8. The second kappa shape index (κ2) is 6.21. The Morgan fingerprint density at radius 1 is 1.17 bits per heavy atom. The normalized spacial score (nSPS) is 20.1. The van der Waals surface area contributed by atoms with Crippen LogP contribution in [0.2, 0.25) is 0 Å². The number of piperidine rings is 1. The maximum atomic E-state index is 3.78. The van der Waals surface area contributed by atoms with E-state index in [1.807, 2.05) is 6.08 Å². The van der Waals surface area contributed by atoms with Crippen molar-refractivity contribution >= 4 is 0 Å². The van der Waals surface area contributed by atoms with Gasteiger partial charge < -0.3 is 5.32 Å². The summed E-state index contributed by atoms with van der Waals surface area (Å²) in [6.45, 7) is 18.8. The fourth-order valence-corrected chi connectivity index (χ4v) is 2.95. The minimum Gasteiger partial charge on any atom is -0.308 e. The molecule has 0 saturated carbocycles. The number of likely N-dealkylation sites (tertiary alicyclic amines) is 1. The number of nitrogens with zero attached hydrogens (tertiary/aromatic N) is 1. The Bertz CT molecular complexity index is 255. The van der Waals surface area contributed by atoms with Gasteiger partial charge in [0, 0.05) is 17.6 Å². The maximum Gasteiger partial charge on any atom is 0.0137 e. The Balaban J connectivity index is 2.37. The van der Waals surface area contributed by atoms with Crippen LogP contribution in [-0.2, 0) is 0 Å². The summed E-state index contributed by atoms with van der Waals surface area (Å²) in [5.74, 6) is 0.871. The van der Waals surface area contributed by atoms with Gasteiger partial charge in [-0.05, 0) is 72.9 Å². The zero-order valence-corrected chi connectivity index (χ0v) is 13.1. The summed E-state index contributed by atoms with van der Waals surface area (Å²) in [7, 11) is 0. The van der Waals surface area contributed by atoms with Crippen molar-refractivity contribution in [1.82, 2.24) is 10.2 Å². The zero-order valence-electron chi connectivity index (χ0n) is 13.1. The third-order valence-electron chi connectivity index (χ3n) is 4.09. The Kier molecular flexibility index (Phi) is 5.42. The van der Waals surface area contributed by atoms with E-state index in [-0.39, 0.29) is 5.54 Å². The standard InChI is InChI=1S/C16H32N2/c1-7-10-17-16(5,6)13-14-8-11-18(12-9-14)15(2,3)4/h7,14,17H,1,8-13H2,2-6H3. The van der Waals surface area contributed by atoms with Crippen LogP contribution >= 0.6 is 0 Å². The summed E-state index contributed by atoms with van der Waals surface area (Å²) in [5, 5.41) is 3.57. The van der Waals surface area contributed by atoms with E-state index < -0.39 is 0 Å². The van der Waals surface area contributed by atoms with Gasteiger partial charge in [-0.3, -0.25) is 4.90 Å². The average Bonchev–Trinajstić information content (AvgIpc) is 2.25. The topological polar surface area (TPSA) is 15.3 Å². The van der Waals surface area contributed by atoms with E-state index in [2.05, 4.69) is 51.4 Å². The summed E-state index contributed by atoms with van der Waals surface area (Å²) in [4.78, 5) is 2.62. The summed E-state index contributed by atoms with van der Waals surface area (Å²) in [6, 6.07) is 0. The molecule has 0 atom stereocenters. The molecule has 0 aromatic heterocycles. The lowest BCUT2D eigenvalue weighted by atomic mass is 9.83. The van der Waals surface area contributed by atoms with E-state index in [4.69, 9.17) is 0 Å². The molecule has 1 aliphatic rings. The largest absolute Gasteiger partial charge is 0.308 e. The summed E-state index contributed by atoms with van der Waals surface area (Å²) in [6.07, 6.45) is 5.91. The lowest BCUT2D eigenvalue weighted by molar-refractivity contribution is 0.0782. The molecule has 0 unspecified atom stereocenters. The molecular weight excluding hydrogens is 220 g/mol. The SMILES string of the molecule is C=CCNC(C)(C)CC1CCN(C(C)(C)C)CC1. The van der Waals surface area contributed by atoms with Gasteiger partial charge in [0.05, 0.1) is 0 Å². The van der Waals surface area contributed by atoms with E-state index in [0.717, 1.165) is 12.5 Å². The number of nitrogens with one attached hydrogen (secondary N) is 1. The molecule has 0 aromatic rings. The van der Waals surface area contributed by atoms with Crippen LogP contribution in [0.4, 0.5) is 0 Å². The number of hydrogen-bond donors (Lipinski definition) is 1. The first-order chi connectivity index (χ1) is 8.24. The lowest BCUT2D eigenvalue weighted by Crippen LogP contribution is -2.48. The predicted molar refractivity (Wildman–Crippen MR) is 80.9 cm³/mol. The molecule has 0 spiro atoms. The summed E-state index contributed by atoms with van der Waals surface area (Å²) in [5.41, 5.74) is 0.574. The van der Waals surface area contributed by atoms with Gasteiger partial charge in [-0.1, -0.05) is 6.08 Å². The van der Waals surface area contributed by atoms with Crippen LogP contribution in [0.15, 0.2) is 12.7 Å². The van der Waals surface area contributed by atoms with Crippen LogP contribution in [0.1, 0.15) is 53.9 Å². The Labute approximate surface area is 114 Å². The van der Waals surface area contributed by atoms with Gasteiger partial charge in [0.25, 0.3) is 0 Å². The van der Waals surface area contributed by atoms with Gasteiger partial charge in [0.15, 0.2) is 0 Å². The molecule has 2 nitrogen and oxygen atoms in total. The van der Waals surface area contributed by atoms with Crippen molar-refractivity contribution < 1.29 is 0 Å². The van der Waals surface area contributed by atoms with Crippen molar-refractivity contribution in [2.45, 2.75) is 65.0 Å². The molecule has 0 amide bonds. The highest BCUT2D eigenvalue weighted by molar-refractivity contribution is 4.88. The van der Waals surface area contributed by atoms with E-state index in [0.29, 0.717) is 5.54 Å². The first kappa shape index (κ1) is 15.7. The molecule has 106 valence electrons. The molecule has 1 rings (SSSR count). The van der Waals surface area contributed by atoms with Gasteiger partial charge in [0.2, 0.25) is 0 Å². The molecule has 2 heteroatoms. The molecule has 0 bridgehead atoms. The molecule has 1 saturated heterocycles. The predicted octanol–water partition coefficient (Wildman–Crippen LogP) is 3.44. The molecular formula is C16H32N2. The van der Waals surface area contributed by atoms with Gasteiger partial charge >= 0.3 is 0 Å². The fourth-order valence-electron chi connectivity index (χ4n) is 2.95. The second-order valence-corrected chi connectivity index (χ2v) is 7.36. The second-order valence-electron chi connectivity index (χ2n) is 7.36.